The van der Waals surface area contributed by atoms with Crippen LogP contribution < -0.4 is 10.1 Å². The van der Waals surface area contributed by atoms with Gasteiger partial charge in [-0.05, 0) is 41.0 Å². The number of amides is 1. The number of H-pyrrole nitrogens is 1. The molecule has 0 saturated carbocycles. The van der Waals surface area contributed by atoms with E-state index in [0.29, 0.717) is 11.3 Å². The minimum Gasteiger partial charge on any atom is -0.496 e. The minimum absolute atomic E-state index is 0.163. The topological polar surface area (TPSA) is 67.0 Å². The lowest BCUT2D eigenvalue weighted by atomic mass is 10.0. The summed E-state index contributed by atoms with van der Waals surface area (Å²) in [4.78, 5) is 21.1. The first-order valence-corrected chi connectivity index (χ1v) is 9.39. The van der Waals surface area contributed by atoms with Crippen molar-refractivity contribution in [1.29, 1.82) is 0 Å². The molecule has 0 aliphatic carbocycles. The Hall–Kier alpha value is -3.34. The van der Waals surface area contributed by atoms with Crippen LogP contribution in [-0.2, 0) is 0 Å². The van der Waals surface area contributed by atoms with Gasteiger partial charge in [0.2, 0.25) is 0 Å². The molecule has 142 valence electrons. The quantitative estimate of drug-likeness (QED) is 0.525. The van der Waals surface area contributed by atoms with E-state index >= 15 is 0 Å². The van der Waals surface area contributed by atoms with Crippen LogP contribution in [0.1, 0.15) is 36.1 Å². The van der Waals surface area contributed by atoms with Crippen molar-refractivity contribution in [3.05, 3.63) is 72.1 Å². The molecule has 1 heterocycles. The summed E-state index contributed by atoms with van der Waals surface area (Å²) in [6, 6.07) is 19.3. The van der Waals surface area contributed by atoms with Crippen LogP contribution in [0.15, 0.2) is 60.7 Å². The van der Waals surface area contributed by atoms with Crippen LogP contribution in [0.25, 0.3) is 21.8 Å². The Labute approximate surface area is 163 Å². The first-order valence-electron chi connectivity index (χ1n) is 9.39. The number of benzene rings is 3. The van der Waals surface area contributed by atoms with Gasteiger partial charge in [0, 0.05) is 0 Å². The Morgan fingerprint density at radius 2 is 1.71 bits per heavy atom. The van der Waals surface area contributed by atoms with Gasteiger partial charge in [0.15, 0.2) is 0 Å². The van der Waals surface area contributed by atoms with E-state index in [9.17, 15) is 4.79 Å². The average molecular weight is 373 g/mol. The lowest BCUT2D eigenvalue weighted by molar-refractivity contribution is 0.0920. The van der Waals surface area contributed by atoms with Gasteiger partial charge in [0.05, 0.1) is 29.7 Å². The number of carbonyl (C=O) groups is 1. The Balaban J connectivity index is 1.69. The average Bonchev–Trinajstić information content (AvgIpc) is 3.14. The monoisotopic (exact) mass is 373 g/mol. The molecule has 0 fully saturated rings. The zero-order chi connectivity index (χ0) is 19.7. The first-order chi connectivity index (χ1) is 13.6. The number of fused-ring (bicyclic) bond motifs is 2. The molecule has 0 bridgehead atoms. The van der Waals surface area contributed by atoms with Crippen LogP contribution in [-0.4, -0.2) is 23.0 Å². The molecular weight excluding hydrogens is 350 g/mol. The highest BCUT2D eigenvalue weighted by molar-refractivity contribution is 6.01. The van der Waals surface area contributed by atoms with Gasteiger partial charge in [-0.15, -0.1) is 0 Å². The molecule has 5 heteroatoms. The molecule has 0 unspecified atom stereocenters. The summed E-state index contributed by atoms with van der Waals surface area (Å²) in [5.74, 6) is 1.30. The molecule has 28 heavy (non-hydrogen) atoms. The normalized spacial score (nSPS) is 12.4. The zero-order valence-corrected chi connectivity index (χ0v) is 16.2. The molecule has 0 aliphatic heterocycles. The lowest BCUT2D eigenvalue weighted by Gasteiger charge is -2.21. The maximum atomic E-state index is 13.1. The molecule has 3 aromatic carbocycles. The molecule has 5 nitrogen and oxygen atoms in total. The predicted molar refractivity (Wildman–Crippen MR) is 112 cm³/mol. The van der Waals surface area contributed by atoms with Crippen molar-refractivity contribution in [2.24, 2.45) is 5.92 Å². The van der Waals surface area contributed by atoms with Crippen molar-refractivity contribution in [2.75, 3.05) is 7.11 Å². The SMILES string of the molecule is COc1cc2ccccc2cc1C(=O)N[C@@H](c1nc2ccccc2[nH]1)C(C)C. The van der Waals surface area contributed by atoms with Crippen molar-refractivity contribution >= 4 is 27.7 Å². The van der Waals surface area contributed by atoms with E-state index in [1.807, 2.05) is 60.7 Å². The first kappa shape index (κ1) is 18.0. The Morgan fingerprint density at radius 3 is 2.39 bits per heavy atom. The third kappa shape index (κ3) is 3.31. The van der Waals surface area contributed by atoms with E-state index in [0.717, 1.165) is 27.6 Å². The number of methoxy groups -OCH3 is 1. The van der Waals surface area contributed by atoms with Gasteiger partial charge < -0.3 is 15.0 Å². The lowest BCUT2D eigenvalue weighted by Crippen LogP contribution is -2.32. The molecule has 4 rings (SSSR count). The van der Waals surface area contributed by atoms with Gasteiger partial charge in [0.25, 0.3) is 5.91 Å². The van der Waals surface area contributed by atoms with Crippen LogP contribution in [0.5, 0.6) is 5.75 Å². The number of hydrogen-bond acceptors (Lipinski definition) is 3. The van der Waals surface area contributed by atoms with E-state index < -0.39 is 0 Å². The fraction of sp³-hybridized carbons (Fsp3) is 0.217. The van der Waals surface area contributed by atoms with Gasteiger partial charge >= 0.3 is 0 Å². The molecule has 0 saturated heterocycles. The number of para-hydroxylation sites is 2. The van der Waals surface area contributed by atoms with Crippen molar-refractivity contribution in [1.82, 2.24) is 15.3 Å². The number of aromatic nitrogens is 2. The van der Waals surface area contributed by atoms with E-state index in [1.54, 1.807) is 7.11 Å². The highest BCUT2D eigenvalue weighted by atomic mass is 16.5. The number of nitrogens with one attached hydrogen (secondary N) is 2. The number of imidazole rings is 1. The zero-order valence-electron chi connectivity index (χ0n) is 16.2. The van der Waals surface area contributed by atoms with Crippen LogP contribution in [0.2, 0.25) is 0 Å². The van der Waals surface area contributed by atoms with Gasteiger partial charge in [-0.3, -0.25) is 4.79 Å². The Bertz CT molecular complexity index is 1110. The highest BCUT2D eigenvalue weighted by Gasteiger charge is 2.24. The number of carbonyl (C=O) groups excluding carboxylic acids is 1. The van der Waals surface area contributed by atoms with Gasteiger partial charge in [-0.25, -0.2) is 4.98 Å². The molecular formula is C23H23N3O2. The third-order valence-corrected chi connectivity index (χ3v) is 4.97. The standard InChI is InChI=1S/C23H23N3O2/c1-14(2)21(22-24-18-10-6-7-11-19(18)25-22)26-23(27)17-12-15-8-4-5-9-16(15)13-20(17)28-3/h4-14,21H,1-3H3,(H,24,25)(H,26,27)/t21-/m1/s1. The molecule has 0 radical (unpaired) electrons. The highest BCUT2D eigenvalue weighted by Crippen LogP contribution is 2.28. The predicted octanol–water partition coefficient (Wildman–Crippen LogP) is 4.85. The second kappa shape index (κ2) is 7.35. The third-order valence-electron chi connectivity index (χ3n) is 4.97. The smallest absolute Gasteiger partial charge is 0.255 e. The van der Waals surface area contributed by atoms with E-state index in [1.165, 1.54) is 0 Å². The molecule has 1 atom stereocenters. The van der Waals surface area contributed by atoms with Crippen LogP contribution in [0.4, 0.5) is 0 Å². The molecule has 0 spiro atoms. The summed E-state index contributed by atoms with van der Waals surface area (Å²) in [7, 11) is 1.58. The summed E-state index contributed by atoms with van der Waals surface area (Å²) in [5.41, 5.74) is 2.37. The van der Waals surface area contributed by atoms with Gasteiger partial charge in [-0.1, -0.05) is 50.2 Å². The second-order valence-electron chi connectivity index (χ2n) is 7.23. The summed E-state index contributed by atoms with van der Waals surface area (Å²) < 4.78 is 5.49. The Morgan fingerprint density at radius 1 is 1.04 bits per heavy atom. The van der Waals surface area contributed by atoms with E-state index in [4.69, 9.17) is 4.74 Å². The fourth-order valence-corrected chi connectivity index (χ4v) is 3.46. The van der Waals surface area contributed by atoms with E-state index in [-0.39, 0.29) is 17.9 Å². The maximum absolute atomic E-state index is 13.1. The fourth-order valence-electron chi connectivity index (χ4n) is 3.46. The maximum Gasteiger partial charge on any atom is 0.255 e. The van der Waals surface area contributed by atoms with Crippen molar-refractivity contribution in [3.8, 4) is 5.75 Å². The molecule has 0 aliphatic rings. The van der Waals surface area contributed by atoms with Crippen LogP contribution >= 0.6 is 0 Å². The van der Waals surface area contributed by atoms with Crippen molar-refractivity contribution < 1.29 is 9.53 Å². The van der Waals surface area contributed by atoms with Crippen LogP contribution in [0, 0.1) is 5.92 Å². The molecule has 2 N–H and O–H groups in total. The summed E-state index contributed by atoms with van der Waals surface area (Å²) in [6.07, 6.45) is 0. The number of nitrogens with zero attached hydrogens (tertiary/aromatic N) is 1. The molecule has 1 amide bonds. The summed E-state index contributed by atoms with van der Waals surface area (Å²) >= 11 is 0. The second-order valence-corrected chi connectivity index (χ2v) is 7.23. The van der Waals surface area contributed by atoms with Crippen molar-refractivity contribution in [3.63, 3.8) is 0 Å². The van der Waals surface area contributed by atoms with Crippen molar-refractivity contribution in [2.45, 2.75) is 19.9 Å². The van der Waals surface area contributed by atoms with E-state index in [2.05, 4.69) is 29.1 Å². The van der Waals surface area contributed by atoms with Gasteiger partial charge in [0.1, 0.15) is 11.6 Å². The van der Waals surface area contributed by atoms with Gasteiger partial charge in [-0.2, -0.15) is 0 Å². The molecule has 1 aromatic heterocycles. The number of rotatable bonds is 5. The largest absolute Gasteiger partial charge is 0.496 e. The molecule has 4 aromatic rings. The number of aromatic amines is 1. The van der Waals surface area contributed by atoms with Crippen LogP contribution in [0.3, 0.4) is 0 Å². The minimum atomic E-state index is -0.240. The Kier molecular flexibility index (Phi) is 4.74. The summed E-state index contributed by atoms with van der Waals surface area (Å²) in [6.45, 7) is 4.13. The number of ether oxygens (including phenoxy) is 1. The summed E-state index contributed by atoms with van der Waals surface area (Å²) in [5, 5.41) is 5.17. The number of hydrogen-bond donors (Lipinski definition) is 2.